The van der Waals surface area contributed by atoms with Crippen LogP contribution in [0, 0.1) is 11.8 Å². The third-order valence-corrected chi connectivity index (χ3v) is 6.08. The molecule has 0 aromatic carbocycles. The van der Waals surface area contributed by atoms with Crippen LogP contribution in [-0.2, 0) is 6.42 Å². The van der Waals surface area contributed by atoms with Crippen LogP contribution < -0.4 is 0 Å². The summed E-state index contributed by atoms with van der Waals surface area (Å²) in [5.74, 6) is 1.70. The Balaban J connectivity index is 1.95. The first kappa shape index (κ1) is 16.1. The van der Waals surface area contributed by atoms with Gasteiger partial charge in [0.15, 0.2) is 0 Å². The summed E-state index contributed by atoms with van der Waals surface area (Å²) in [7, 11) is 0. The van der Waals surface area contributed by atoms with Crippen molar-refractivity contribution in [2.45, 2.75) is 76.6 Å². The lowest BCUT2D eigenvalue weighted by Crippen LogP contribution is -2.27. The van der Waals surface area contributed by atoms with Gasteiger partial charge < -0.3 is 0 Å². The second-order valence-corrected chi connectivity index (χ2v) is 7.67. The lowest BCUT2D eigenvalue weighted by molar-refractivity contribution is 0.261. The SMILES string of the molecule is CCCC1CCC(Br)C(Cc2ccn(C(C)CC)n2)C1. The van der Waals surface area contributed by atoms with Crippen LogP contribution in [0.15, 0.2) is 12.3 Å². The van der Waals surface area contributed by atoms with Crippen LogP contribution in [-0.4, -0.2) is 14.6 Å². The Kier molecular flexibility index (Phi) is 6.13. The van der Waals surface area contributed by atoms with Gasteiger partial charge in [-0.15, -0.1) is 0 Å². The van der Waals surface area contributed by atoms with E-state index in [0.717, 1.165) is 24.7 Å². The van der Waals surface area contributed by atoms with Crippen LogP contribution in [0.2, 0.25) is 0 Å². The normalized spacial score (nSPS) is 28.5. The second kappa shape index (κ2) is 7.63. The van der Waals surface area contributed by atoms with Crippen molar-refractivity contribution in [3.63, 3.8) is 0 Å². The summed E-state index contributed by atoms with van der Waals surface area (Å²) in [4.78, 5) is 0.685. The van der Waals surface area contributed by atoms with Crippen molar-refractivity contribution in [2.75, 3.05) is 0 Å². The van der Waals surface area contributed by atoms with E-state index in [1.807, 2.05) is 0 Å². The van der Waals surface area contributed by atoms with Crippen molar-refractivity contribution in [3.05, 3.63) is 18.0 Å². The van der Waals surface area contributed by atoms with E-state index in [1.54, 1.807) is 0 Å². The van der Waals surface area contributed by atoms with Crippen LogP contribution in [0.25, 0.3) is 0 Å². The highest BCUT2D eigenvalue weighted by Gasteiger charge is 2.29. The minimum absolute atomic E-state index is 0.516. The Morgan fingerprint density at radius 3 is 2.90 bits per heavy atom. The highest BCUT2D eigenvalue weighted by Crippen LogP contribution is 2.37. The van der Waals surface area contributed by atoms with Gasteiger partial charge in [0.1, 0.15) is 0 Å². The van der Waals surface area contributed by atoms with E-state index in [1.165, 1.54) is 37.8 Å². The second-order valence-electron chi connectivity index (χ2n) is 6.49. The maximum atomic E-state index is 4.78. The van der Waals surface area contributed by atoms with Gasteiger partial charge in [0.05, 0.1) is 5.69 Å². The molecule has 0 N–H and O–H groups in total. The summed E-state index contributed by atoms with van der Waals surface area (Å²) < 4.78 is 2.13. The molecule has 2 nitrogen and oxygen atoms in total. The summed E-state index contributed by atoms with van der Waals surface area (Å²) >= 11 is 3.91. The number of rotatable bonds is 6. The molecule has 1 aliphatic carbocycles. The van der Waals surface area contributed by atoms with Crippen molar-refractivity contribution in [3.8, 4) is 0 Å². The number of aromatic nitrogens is 2. The average molecular weight is 341 g/mol. The third-order valence-electron chi connectivity index (χ3n) is 4.87. The molecule has 0 radical (unpaired) electrons. The van der Waals surface area contributed by atoms with Gasteiger partial charge >= 0.3 is 0 Å². The molecule has 0 bridgehead atoms. The highest BCUT2D eigenvalue weighted by atomic mass is 79.9. The summed E-state index contributed by atoms with van der Waals surface area (Å²) in [6.07, 6.45) is 11.3. The lowest BCUT2D eigenvalue weighted by atomic mass is 9.77. The molecule has 1 aromatic heterocycles. The third kappa shape index (κ3) is 4.09. The fourth-order valence-corrected chi connectivity index (χ4v) is 4.06. The molecule has 0 spiro atoms. The van der Waals surface area contributed by atoms with Crippen LogP contribution in [0.3, 0.4) is 0 Å². The minimum Gasteiger partial charge on any atom is -0.270 e. The first-order valence-electron chi connectivity index (χ1n) is 8.32. The quantitative estimate of drug-likeness (QED) is 0.636. The zero-order valence-corrected chi connectivity index (χ0v) is 14.8. The van der Waals surface area contributed by atoms with Crippen molar-refractivity contribution < 1.29 is 0 Å². The maximum Gasteiger partial charge on any atom is 0.0627 e. The molecule has 1 heterocycles. The Hall–Kier alpha value is -0.310. The molecule has 0 saturated heterocycles. The van der Waals surface area contributed by atoms with Gasteiger partial charge in [0.2, 0.25) is 0 Å². The summed E-state index contributed by atoms with van der Waals surface area (Å²) in [5, 5.41) is 4.78. The van der Waals surface area contributed by atoms with Crippen LogP contribution in [0.5, 0.6) is 0 Å². The molecule has 20 heavy (non-hydrogen) atoms. The maximum absolute atomic E-state index is 4.78. The van der Waals surface area contributed by atoms with E-state index >= 15 is 0 Å². The molecule has 2 rings (SSSR count). The molecular weight excluding hydrogens is 312 g/mol. The van der Waals surface area contributed by atoms with Crippen molar-refractivity contribution in [1.29, 1.82) is 0 Å². The minimum atomic E-state index is 0.516. The Bertz CT molecular complexity index is 401. The summed E-state index contributed by atoms with van der Waals surface area (Å²) in [6, 6.07) is 2.73. The standard InChI is InChI=1S/C17H29BrN2/c1-4-6-14-7-8-17(18)15(11-14)12-16-9-10-20(19-16)13(3)5-2/h9-10,13-15,17H,4-8,11-12H2,1-3H3. The Morgan fingerprint density at radius 1 is 1.40 bits per heavy atom. The molecule has 1 aromatic rings. The molecule has 114 valence electrons. The van der Waals surface area contributed by atoms with Gasteiger partial charge in [-0.3, -0.25) is 4.68 Å². The van der Waals surface area contributed by atoms with Gasteiger partial charge in [-0.2, -0.15) is 5.10 Å². The number of hydrogen-bond donors (Lipinski definition) is 0. The first-order chi connectivity index (χ1) is 9.63. The highest BCUT2D eigenvalue weighted by molar-refractivity contribution is 9.09. The fourth-order valence-electron chi connectivity index (χ4n) is 3.39. The van der Waals surface area contributed by atoms with Gasteiger partial charge in [-0.1, -0.05) is 42.6 Å². The monoisotopic (exact) mass is 340 g/mol. The molecule has 1 saturated carbocycles. The van der Waals surface area contributed by atoms with Gasteiger partial charge in [-0.25, -0.2) is 0 Å². The van der Waals surface area contributed by atoms with Gasteiger partial charge in [-0.05, 0) is 56.9 Å². The largest absolute Gasteiger partial charge is 0.270 e. The fraction of sp³-hybridized carbons (Fsp3) is 0.824. The first-order valence-corrected chi connectivity index (χ1v) is 9.23. The van der Waals surface area contributed by atoms with E-state index in [-0.39, 0.29) is 0 Å². The Morgan fingerprint density at radius 2 is 2.20 bits per heavy atom. The average Bonchev–Trinajstić information content (AvgIpc) is 2.90. The topological polar surface area (TPSA) is 17.8 Å². The van der Waals surface area contributed by atoms with Crippen molar-refractivity contribution in [1.82, 2.24) is 9.78 Å². The number of nitrogens with zero attached hydrogens (tertiary/aromatic N) is 2. The molecule has 3 heteroatoms. The molecule has 0 amide bonds. The van der Waals surface area contributed by atoms with Gasteiger partial charge in [0, 0.05) is 17.1 Å². The van der Waals surface area contributed by atoms with E-state index in [2.05, 4.69) is 53.6 Å². The van der Waals surface area contributed by atoms with Crippen LogP contribution in [0.4, 0.5) is 0 Å². The molecule has 4 unspecified atom stereocenters. The van der Waals surface area contributed by atoms with Crippen LogP contribution >= 0.6 is 15.9 Å². The zero-order valence-electron chi connectivity index (χ0n) is 13.2. The van der Waals surface area contributed by atoms with Crippen LogP contribution in [0.1, 0.15) is 71.0 Å². The summed E-state index contributed by atoms with van der Waals surface area (Å²) in [5.41, 5.74) is 1.27. The Labute approximate surface area is 132 Å². The van der Waals surface area contributed by atoms with E-state index in [4.69, 9.17) is 5.10 Å². The molecule has 1 fully saturated rings. The molecule has 0 aliphatic heterocycles. The van der Waals surface area contributed by atoms with Gasteiger partial charge in [0.25, 0.3) is 0 Å². The number of halogens is 1. The molecular formula is C17H29BrN2. The van der Waals surface area contributed by atoms with E-state index < -0.39 is 0 Å². The predicted octanol–water partition coefficient (Wildman–Crippen LogP) is 5.38. The smallest absolute Gasteiger partial charge is 0.0627 e. The van der Waals surface area contributed by atoms with Crippen molar-refractivity contribution in [2.24, 2.45) is 11.8 Å². The number of hydrogen-bond acceptors (Lipinski definition) is 1. The predicted molar refractivity (Wildman–Crippen MR) is 89.4 cm³/mol. The lowest BCUT2D eigenvalue weighted by Gasteiger charge is -2.33. The number of alkyl halides is 1. The van der Waals surface area contributed by atoms with E-state index in [9.17, 15) is 0 Å². The van der Waals surface area contributed by atoms with E-state index in [0.29, 0.717) is 10.9 Å². The summed E-state index contributed by atoms with van der Waals surface area (Å²) in [6.45, 7) is 6.77. The zero-order chi connectivity index (χ0) is 14.5. The van der Waals surface area contributed by atoms with Crippen molar-refractivity contribution >= 4 is 15.9 Å². The molecule has 1 aliphatic rings. The molecule has 4 atom stereocenters.